The van der Waals surface area contributed by atoms with E-state index >= 15 is 0 Å². The fourth-order valence-corrected chi connectivity index (χ4v) is 8.58. The van der Waals surface area contributed by atoms with Gasteiger partial charge in [-0.05, 0) is 32.1 Å². The van der Waals surface area contributed by atoms with Crippen molar-refractivity contribution in [1.29, 1.82) is 0 Å². The van der Waals surface area contributed by atoms with E-state index in [1.54, 1.807) is 6.08 Å². The topological polar surface area (TPSA) is 95.9 Å². The molecule has 0 aromatic rings. The van der Waals surface area contributed by atoms with E-state index in [2.05, 4.69) is 19.2 Å². The summed E-state index contributed by atoms with van der Waals surface area (Å²) in [5.74, 6) is -0.0822. The monoisotopic (exact) mass is 862 g/mol. The predicted molar refractivity (Wildman–Crippen MR) is 264 cm³/mol. The van der Waals surface area contributed by atoms with Gasteiger partial charge in [-0.3, -0.25) is 9.59 Å². The fraction of sp³-hybridized carbons (Fsp3) is 0.927. The number of allylic oxidation sites excluding steroid dienone is 1. The van der Waals surface area contributed by atoms with E-state index in [9.17, 15) is 19.8 Å². The number of hydrogen-bond acceptors (Lipinski definition) is 5. The third-order valence-electron chi connectivity index (χ3n) is 12.8. The molecule has 0 spiro atoms. The molecule has 2 atom stereocenters. The average Bonchev–Trinajstić information content (AvgIpc) is 3.26. The maximum atomic E-state index is 12.4. The lowest BCUT2D eigenvalue weighted by Gasteiger charge is -2.20. The van der Waals surface area contributed by atoms with Gasteiger partial charge in [-0.1, -0.05) is 270 Å². The summed E-state index contributed by atoms with van der Waals surface area (Å²) in [6.45, 7) is 4.89. The van der Waals surface area contributed by atoms with Crippen LogP contribution in [0.5, 0.6) is 0 Å². The van der Waals surface area contributed by atoms with Crippen LogP contribution in [-0.2, 0) is 14.3 Å². The summed E-state index contributed by atoms with van der Waals surface area (Å²) < 4.78 is 5.47. The van der Waals surface area contributed by atoms with E-state index in [0.29, 0.717) is 19.4 Å². The number of amides is 1. The third-order valence-corrected chi connectivity index (χ3v) is 12.8. The molecule has 3 N–H and O–H groups in total. The highest BCUT2D eigenvalue weighted by Crippen LogP contribution is 2.17. The first kappa shape index (κ1) is 59.6. The molecule has 0 aromatic heterocycles. The smallest absolute Gasteiger partial charge is 0.305 e. The Labute approximate surface area is 380 Å². The molecule has 362 valence electrons. The molecule has 0 fully saturated rings. The summed E-state index contributed by atoms with van der Waals surface area (Å²) in [6, 6.07) is -0.636. The van der Waals surface area contributed by atoms with Crippen LogP contribution < -0.4 is 5.32 Å². The molecule has 0 aliphatic rings. The largest absolute Gasteiger partial charge is 0.466 e. The molecule has 61 heavy (non-hydrogen) atoms. The summed E-state index contributed by atoms with van der Waals surface area (Å²) in [5.41, 5.74) is 0. The van der Waals surface area contributed by atoms with Crippen LogP contribution in [0, 0.1) is 0 Å². The first-order chi connectivity index (χ1) is 30.0. The number of esters is 1. The second kappa shape index (κ2) is 51.2. The lowest BCUT2D eigenvalue weighted by molar-refractivity contribution is -0.143. The molecule has 0 heterocycles. The number of carbonyl (C=O) groups is 2. The summed E-state index contributed by atoms with van der Waals surface area (Å²) in [4.78, 5) is 24.5. The molecule has 0 rings (SSSR count). The summed E-state index contributed by atoms with van der Waals surface area (Å²) in [7, 11) is 0. The zero-order valence-electron chi connectivity index (χ0n) is 41.2. The number of unbranched alkanes of at least 4 members (excludes halogenated alkanes) is 40. The Hall–Kier alpha value is -1.40. The lowest BCUT2D eigenvalue weighted by atomic mass is 10.0. The normalized spacial score (nSPS) is 12.7. The van der Waals surface area contributed by atoms with Crippen LogP contribution in [0.25, 0.3) is 0 Å². The molecule has 6 nitrogen and oxygen atoms in total. The Morgan fingerprint density at radius 3 is 1.11 bits per heavy atom. The molecule has 0 aliphatic carbocycles. The van der Waals surface area contributed by atoms with E-state index in [1.807, 2.05) is 6.08 Å². The Morgan fingerprint density at radius 2 is 0.754 bits per heavy atom. The molecule has 0 radical (unpaired) electrons. The molecule has 0 bridgehead atoms. The number of aliphatic hydroxyl groups is 2. The van der Waals surface area contributed by atoms with Crippen LogP contribution in [0.15, 0.2) is 12.2 Å². The molecule has 0 saturated carbocycles. The van der Waals surface area contributed by atoms with Gasteiger partial charge in [0, 0.05) is 12.8 Å². The van der Waals surface area contributed by atoms with Crippen molar-refractivity contribution in [2.24, 2.45) is 0 Å². The number of aliphatic hydroxyl groups excluding tert-OH is 2. The van der Waals surface area contributed by atoms with Gasteiger partial charge in [0.25, 0.3) is 0 Å². The minimum atomic E-state index is -0.852. The second-order valence-electron chi connectivity index (χ2n) is 18.9. The van der Waals surface area contributed by atoms with Crippen molar-refractivity contribution >= 4 is 11.9 Å². The highest BCUT2D eigenvalue weighted by molar-refractivity contribution is 5.76. The van der Waals surface area contributed by atoms with E-state index in [1.165, 1.54) is 218 Å². The van der Waals surface area contributed by atoms with Crippen LogP contribution in [0.1, 0.15) is 303 Å². The first-order valence-electron chi connectivity index (χ1n) is 27.5. The number of carbonyl (C=O) groups excluding carboxylic acids is 2. The molecule has 0 saturated heterocycles. The van der Waals surface area contributed by atoms with E-state index in [-0.39, 0.29) is 18.5 Å². The third kappa shape index (κ3) is 47.9. The second-order valence-corrected chi connectivity index (χ2v) is 18.9. The minimum Gasteiger partial charge on any atom is -0.466 e. The zero-order chi connectivity index (χ0) is 44.4. The van der Waals surface area contributed by atoms with Crippen LogP contribution in [0.4, 0.5) is 0 Å². The SMILES string of the molecule is CCCCCCCCCCCCCCCC/C=C/C(O)C(CO)NC(=O)CCCCCCCCCCCCCCCOC(=O)CCCCCCCCCCCCCCCCC. The van der Waals surface area contributed by atoms with Gasteiger partial charge in [0.1, 0.15) is 0 Å². The van der Waals surface area contributed by atoms with Gasteiger partial charge in [0.15, 0.2) is 0 Å². The van der Waals surface area contributed by atoms with Gasteiger partial charge in [0.05, 0.1) is 25.4 Å². The summed E-state index contributed by atoms with van der Waals surface area (Å²) in [5, 5.41) is 23.1. The molecule has 2 unspecified atom stereocenters. The zero-order valence-corrected chi connectivity index (χ0v) is 41.2. The Morgan fingerprint density at radius 1 is 0.443 bits per heavy atom. The summed E-state index contributed by atoms with van der Waals surface area (Å²) >= 11 is 0. The highest BCUT2D eigenvalue weighted by atomic mass is 16.5. The Balaban J connectivity index is 3.46. The Bertz CT molecular complexity index is 909. The minimum absolute atomic E-state index is 0.00356. The van der Waals surface area contributed by atoms with Crippen molar-refractivity contribution in [3.05, 3.63) is 12.2 Å². The maximum Gasteiger partial charge on any atom is 0.305 e. The fourth-order valence-electron chi connectivity index (χ4n) is 8.58. The maximum absolute atomic E-state index is 12.4. The number of hydrogen-bond donors (Lipinski definition) is 3. The van der Waals surface area contributed by atoms with Crippen LogP contribution in [0.3, 0.4) is 0 Å². The molecule has 0 aliphatic heterocycles. The quantitative estimate of drug-likeness (QED) is 0.0322. The number of ether oxygens (including phenoxy) is 1. The number of nitrogens with one attached hydrogen (secondary N) is 1. The highest BCUT2D eigenvalue weighted by Gasteiger charge is 2.18. The van der Waals surface area contributed by atoms with Crippen molar-refractivity contribution < 1.29 is 24.5 Å². The van der Waals surface area contributed by atoms with Crippen molar-refractivity contribution in [1.82, 2.24) is 5.32 Å². The van der Waals surface area contributed by atoms with Gasteiger partial charge in [-0.15, -0.1) is 0 Å². The van der Waals surface area contributed by atoms with Crippen LogP contribution in [-0.4, -0.2) is 47.4 Å². The van der Waals surface area contributed by atoms with Gasteiger partial charge in [-0.25, -0.2) is 0 Å². The average molecular weight is 862 g/mol. The van der Waals surface area contributed by atoms with E-state index in [0.717, 1.165) is 57.8 Å². The molecule has 6 heteroatoms. The van der Waals surface area contributed by atoms with Crippen molar-refractivity contribution in [3.63, 3.8) is 0 Å². The molecule has 0 aromatic carbocycles. The van der Waals surface area contributed by atoms with Gasteiger partial charge in [-0.2, -0.15) is 0 Å². The van der Waals surface area contributed by atoms with Gasteiger partial charge < -0.3 is 20.3 Å². The molecule has 1 amide bonds. The van der Waals surface area contributed by atoms with E-state index < -0.39 is 12.1 Å². The molecular weight excluding hydrogens is 755 g/mol. The molecular formula is C55H107NO5. The van der Waals surface area contributed by atoms with Crippen molar-refractivity contribution in [2.75, 3.05) is 13.2 Å². The van der Waals surface area contributed by atoms with Crippen LogP contribution >= 0.6 is 0 Å². The van der Waals surface area contributed by atoms with Gasteiger partial charge >= 0.3 is 5.97 Å². The number of rotatable bonds is 51. The lowest BCUT2D eigenvalue weighted by Crippen LogP contribution is -2.45. The van der Waals surface area contributed by atoms with Crippen LogP contribution in [0.2, 0.25) is 0 Å². The predicted octanol–water partition coefficient (Wildman–Crippen LogP) is 16.5. The van der Waals surface area contributed by atoms with Gasteiger partial charge in [0.2, 0.25) is 5.91 Å². The van der Waals surface area contributed by atoms with E-state index in [4.69, 9.17) is 4.74 Å². The standard InChI is InChI=1S/C55H107NO5/c1-3-5-7-9-11-13-15-17-19-21-23-27-31-35-39-43-47-53(58)52(51-57)56-54(59)48-44-40-36-32-28-24-22-26-30-34-38-42-46-50-61-55(60)49-45-41-37-33-29-25-20-18-16-14-12-10-8-6-4-2/h43,47,52-53,57-58H,3-42,44-46,48-51H2,1-2H3,(H,56,59)/b47-43+. The summed E-state index contributed by atoms with van der Waals surface area (Å²) in [6.07, 6.45) is 59.3. The van der Waals surface area contributed by atoms with Crippen molar-refractivity contribution in [2.45, 2.75) is 315 Å². The Kier molecular flexibility index (Phi) is 50.1. The first-order valence-corrected chi connectivity index (χ1v) is 27.5. The van der Waals surface area contributed by atoms with Crippen molar-refractivity contribution in [3.8, 4) is 0 Å².